The Kier molecular flexibility index (Phi) is 7.36. The Morgan fingerprint density at radius 3 is 1.87 bits per heavy atom. The fraction of sp³-hybridized carbons (Fsp3) is 0.950. The minimum atomic E-state index is 0.134. The van der Waals surface area contributed by atoms with Gasteiger partial charge in [0.2, 0.25) is 0 Å². The van der Waals surface area contributed by atoms with Gasteiger partial charge in [0.15, 0.2) is 0 Å². The summed E-state index contributed by atoms with van der Waals surface area (Å²) < 4.78 is 7.01. The number of rotatable bonds is 3. The molecule has 2 nitrogen and oxygen atoms in total. The molecule has 0 radical (unpaired) electrons. The van der Waals surface area contributed by atoms with E-state index in [1.165, 1.54) is 52.3 Å². The van der Waals surface area contributed by atoms with E-state index in [9.17, 15) is 4.79 Å². The molecule has 0 spiro atoms. The maximum absolute atomic E-state index is 12.5. The molecule has 0 amide bonds. The van der Waals surface area contributed by atoms with Gasteiger partial charge in [0.05, 0.1) is 0 Å². The summed E-state index contributed by atoms with van der Waals surface area (Å²) in [5.41, 5.74) is 0. The van der Waals surface area contributed by atoms with Gasteiger partial charge in [-0.2, -0.15) is 0 Å². The van der Waals surface area contributed by atoms with Crippen LogP contribution in [0.3, 0.4) is 0 Å². The fourth-order valence-electron chi connectivity index (χ4n) is 5.19. The number of carbonyl (C=O) groups is 1. The van der Waals surface area contributed by atoms with Crippen LogP contribution in [0.15, 0.2) is 0 Å². The van der Waals surface area contributed by atoms with Crippen molar-refractivity contribution >= 4 is 5.97 Å². The Morgan fingerprint density at radius 2 is 1.30 bits per heavy atom. The van der Waals surface area contributed by atoms with E-state index in [2.05, 4.69) is 6.92 Å². The van der Waals surface area contributed by atoms with Crippen LogP contribution in [-0.2, 0) is 9.53 Å². The summed E-state index contributed by atoms with van der Waals surface area (Å²) in [4.78, 5) is 12.5. The van der Waals surface area contributed by atoms with Crippen molar-refractivity contribution in [2.75, 3.05) is 0 Å². The summed E-state index contributed by atoms with van der Waals surface area (Å²) in [6.07, 6.45) is 15.7. The third-order valence-electron chi connectivity index (χ3n) is 7.08. The van der Waals surface area contributed by atoms with Gasteiger partial charge in [-0.25, -0.2) is 0 Å². The number of hydrogen-bond acceptors (Lipinski definition) is 2. The van der Waals surface area contributed by atoms with Crippen molar-refractivity contribution in [2.24, 2.45) is 23.7 Å². The third kappa shape index (κ3) is 5.45. The summed E-state index contributed by atoms with van der Waals surface area (Å²) in [5.74, 6) is 3.07. The monoisotopic (exact) mass is 532 g/mol. The first-order valence-electron chi connectivity index (χ1n) is 10.3. The molecule has 0 aromatic rings. The summed E-state index contributed by atoms with van der Waals surface area (Å²) in [6, 6.07) is 0. The molecule has 3 rings (SSSR count). The minimum Gasteiger partial charge on any atom is -0.0472 e. The van der Waals surface area contributed by atoms with E-state index in [0.717, 1.165) is 86.2 Å². The van der Waals surface area contributed by atoms with Crippen molar-refractivity contribution < 1.29 is 52.3 Å². The smallest absolute Gasteiger partial charge is 0.0472 e. The van der Waals surface area contributed by atoms with Crippen LogP contribution >= 0.6 is 0 Å². The number of carbonyl (C=O) groups excluding carboxylic acids is 1. The van der Waals surface area contributed by atoms with Gasteiger partial charge >= 0.3 is 147 Å². The van der Waals surface area contributed by atoms with Gasteiger partial charge in [0.1, 0.15) is 0 Å². The van der Waals surface area contributed by atoms with Gasteiger partial charge in [0.25, 0.3) is 0 Å². The van der Waals surface area contributed by atoms with Crippen LogP contribution in [0.2, 0.25) is 0.959 Å². The Hall–Kier alpha value is 0.938. The van der Waals surface area contributed by atoms with Crippen molar-refractivity contribution in [1.82, 2.24) is 0 Å². The van der Waals surface area contributed by atoms with E-state index in [4.69, 9.17) is 4.74 Å². The molecule has 3 aliphatic rings. The summed E-state index contributed by atoms with van der Waals surface area (Å²) in [7, 11) is 0. The molecule has 0 saturated heterocycles. The molecule has 0 aromatic carbocycles. The molecule has 3 aliphatic carbocycles. The second-order valence-corrected chi connectivity index (χ2v) is 15.7. The van der Waals surface area contributed by atoms with E-state index in [1.807, 2.05) is 0 Å². The molecule has 3 heteroatoms. The first kappa shape index (κ1) is 18.7. The van der Waals surface area contributed by atoms with E-state index in [1.54, 1.807) is 0 Å². The van der Waals surface area contributed by atoms with Crippen LogP contribution in [0.25, 0.3) is 0 Å². The predicted octanol–water partition coefficient (Wildman–Crippen LogP) is 5.18. The van der Waals surface area contributed by atoms with Crippen LogP contribution in [0, 0.1) is 66.5 Å². The van der Waals surface area contributed by atoms with Crippen molar-refractivity contribution in [1.29, 1.82) is 0 Å². The van der Waals surface area contributed by atoms with E-state index in [0.29, 0.717) is 0 Å². The van der Waals surface area contributed by atoms with Crippen LogP contribution in [0.4, 0.5) is 0 Å². The predicted molar refractivity (Wildman–Crippen MR) is 90.1 cm³/mol. The zero-order chi connectivity index (χ0) is 16.2. The molecule has 23 heavy (non-hydrogen) atoms. The van der Waals surface area contributed by atoms with Crippen molar-refractivity contribution in [3.05, 3.63) is 0 Å². The molecule has 0 aliphatic heterocycles. The molecule has 0 unspecified atom stereocenters. The molecule has 0 atom stereocenters. The van der Waals surface area contributed by atoms with Gasteiger partial charge in [-0.15, -0.1) is 0 Å². The van der Waals surface area contributed by atoms with E-state index in [-0.39, 0.29) is 18.0 Å². The van der Waals surface area contributed by atoms with Gasteiger partial charge < -0.3 is 0 Å². The van der Waals surface area contributed by atoms with Gasteiger partial charge in [-0.3, -0.25) is 0 Å². The minimum absolute atomic E-state index is 0.134. The molecule has 0 N–H and O–H groups in total. The first-order chi connectivity index (χ1) is 11.1. The Morgan fingerprint density at radius 1 is 0.783 bits per heavy atom. The molecule has 128 valence electrons. The van der Waals surface area contributed by atoms with Crippen LogP contribution in [0.1, 0.15) is 84.0 Å². The van der Waals surface area contributed by atoms with Crippen LogP contribution in [-0.4, -0.2) is 12.1 Å². The third-order valence-corrected chi connectivity index (χ3v) is 11.8. The number of esters is 1. The summed E-state index contributed by atoms with van der Waals surface area (Å²) in [5, 5.41) is 0. The first-order valence-corrected chi connectivity index (χ1v) is 15.1. The number of ether oxygens (including phenoxy) is 1. The van der Waals surface area contributed by atoms with Crippen LogP contribution in [0.5, 0.6) is 0 Å². The average molecular weight is 532 g/mol. The second kappa shape index (κ2) is 9.04. The molecule has 0 heterocycles. The Labute approximate surface area is 171 Å². The van der Waals surface area contributed by atoms with Crippen LogP contribution < -0.4 is 0 Å². The Balaban J connectivity index is 1.39. The van der Waals surface area contributed by atoms with Crippen molar-refractivity contribution in [3.63, 3.8) is 0 Å². The van der Waals surface area contributed by atoms with Crippen molar-refractivity contribution in [2.45, 2.75) is 91.0 Å². The summed E-state index contributed by atoms with van der Waals surface area (Å²) in [6.45, 7) is 2.31. The second-order valence-electron chi connectivity index (χ2n) is 8.95. The number of hydrogen-bond donors (Lipinski definition) is 0. The molecule has 3 fully saturated rings. The standard InChI is InChI=1S/C20H33O2.Ra.H/c1-15-7-13-19(14-8-15)22-20(21)18-11-9-17(10-12-18)16-5-3-2-4-6-16;;/h2,15-19H,3-14H2,1H3;;. The maximum atomic E-state index is 12.5. The normalized spacial score (nSPS) is 42.1. The quantitative estimate of drug-likeness (QED) is 0.469. The van der Waals surface area contributed by atoms with E-state index >= 15 is 0 Å². The van der Waals surface area contributed by atoms with E-state index < -0.39 is 0 Å². The topological polar surface area (TPSA) is 26.3 Å². The molecular formula is C20H34O2Ra. The molecule has 0 bridgehead atoms. The van der Waals surface area contributed by atoms with Gasteiger partial charge in [-0.1, -0.05) is 6.92 Å². The Bertz CT molecular complexity index is 373. The fourth-order valence-corrected chi connectivity index (χ4v) is 7.93. The zero-order valence-electron chi connectivity index (χ0n) is 15.3. The molecule has 3 saturated carbocycles. The molecule has 0 aromatic heterocycles. The average Bonchev–Trinajstić information content (AvgIpc) is 2.58. The SMILES string of the molecule is CC1CCC(OC(=O)C2CCC(C3CC[CH]([RaH])CC3)CC2)CC1. The molecular weight excluding hydrogens is 498 g/mol. The summed E-state index contributed by atoms with van der Waals surface area (Å²) >= 11 is 0.733. The van der Waals surface area contributed by atoms with Gasteiger partial charge in [0, 0.05) is 0 Å². The van der Waals surface area contributed by atoms with Gasteiger partial charge in [-0.05, 0) is 18.8 Å². The zero-order valence-corrected chi connectivity index (χ0v) is 23.5. The van der Waals surface area contributed by atoms with Crippen molar-refractivity contribution in [3.8, 4) is 0 Å².